The van der Waals surface area contributed by atoms with Crippen LogP contribution in [0.4, 0.5) is 0 Å². The Morgan fingerprint density at radius 2 is 1.52 bits per heavy atom. The van der Waals surface area contributed by atoms with Gasteiger partial charge in [0.2, 0.25) is 5.60 Å². The average molecular weight is 292 g/mol. The monoisotopic (exact) mass is 292 g/mol. The highest BCUT2D eigenvalue weighted by molar-refractivity contribution is 6.01. The topological polar surface area (TPSA) is 85.2 Å². The standard InChI is InChI=1S/C15H16O6/c1-19-13-7-10(16)8-14(20-2)15(13,21-3)9-4-5-11(17)12(18)6-9/h4-8,17-18H,1-3H3. The Hall–Kier alpha value is -2.47. The number of methoxy groups -OCH3 is 3. The van der Waals surface area contributed by atoms with Gasteiger partial charge in [0.15, 0.2) is 17.3 Å². The van der Waals surface area contributed by atoms with E-state index in [1.165, 1.54) is 45.6 Å². The first-order valence-corrected chi connectivity index (χ1v) is 6.13. The van der Waals surface area contributed by atoms with Crippen LogP contribution in [-0.2, 0) is 24.6 Å². The number of rotatable bonds is 4. The highest BCUT2D eigenvalue weighted by Gasteiger charge is 2.46. The lowest BCUT2D eigenvalue weighted by molar-refractivity contribution is -0.112. The number of allylic oxidation sites excluding steroid dienone is 2. The van der Waals surface area contributed by atoms with Crippen LogP contribution in [0.1, 0.15) is 5.56 Å². The van der Waals surface area contributed by atoms with E-state index < -0.39 is 5.60 Å². The van der Waals surface area contributed by atoms with Crippen LogP contribution in [0, 0.1) is 0 Å². The Bertz CT molecular complexity index is 605. The molecular formula is C15H16O6. The number of hydrogen-bond acceptors (Lipinski definition) is 6. The zero-order valence-corrected chi connectivity index (χ0v) is 11.9. The predicted molar refractivity (Wildman–Crippen MR) is 73.6 cm³/mol. The molecule has 0 aliphatic heterocycles. The Morgan fingerprint density at radius 3 is 1.95 bits per heavy atom. The number of aromatic hydroxyl groups is 2. The molecule has 0 atom stereocenters. The largest absolute Gasteiger partial charge is 0.504 e. The number of ether oxygens (including phenoxy) is 3. The Kier molecular flexibility index (Phi) is 3.90. The van der Waals surface area contributed by atoms with Gasteiger partial charge in [0, 0.05) is 24.8 Å². The van der Waals surface area contributed by atoms with Gasteiger partial charge in [0.1, 0.15) is 11.5 Å². The first-order valence-electron chi connectivity index (χ1n) is 6.13. The maximum Gasteiger partial charge on any atom is 0.207 e. The van der Waals surface area contributed by atoms with Crippen LogP contribution in [0.2, 0.25) is 0 Å². The van der Waals surface area contributed by atoms with Crippen LogP contribution in [-0.4, -0.2) is 37.3 Å². The maximum absolute atomic E-state index is 11.7. The molecule has 1 aromatic rings. The number of ketones is 1. The van der Waals surface area contributed by atoms with Gasteiger partial charge in [-0.15, -0.1) is 0 Å². The van der Waals surface area contributed by atoms with Crippen LogP contribution in [0.15, 0.2) is 41.9 Å². The predicted octanol–water partition coefficient (Wildman–Crippen LogP) is 1.58. The number of hydrogen-bond donors (Lipinski definition) is 2. The van der Waals surface area contributed by atoms with Crippen molar-refractivity contribution in [1.82, 2.24) is 0 Å². The maximum atomic E-state index is 11.7. The summed E-state index contributed by atoms with van der Waals surface area (Å²) in [6.07, 6.45) is 2.58. The van der Waals surface area contributed by atoms with Gasteiger partial charge >= 0.3 is 0 Å². The first kappa shape index (κ1) is 14.9. The fourth-order valence-electron chi connectivity index (χ4n) is 2.38. The second-order valence-corrected chi connectivity index (χ2v) is 4.42. The van der Waals surface area contributed by atoms with E-state index in [-0.39, 0.29) is 28.8 Å². The summed E-state index contributed by atoms with van der Waals surface area (Å²) in [4.78, 5) is 11.7. The molecule has 0 heterocycles. The van der Waals surface area contributed by atoms with Crippen molar-refractivity contribution in [2.45, 2.75) is 5.60 Å². The highest BCUT2D eigenvalue weighted by atomic mass is 16.6. The molecule has 112 valence electrons. The van der Waals surface area contributed by atoms with Gasteiger partial charge < -0.3 is 24.4 Å². The van der Waals surface area contributed by atoms with Gasteiger partial charge in [-0.3, -0.25) is 4.79 Å². The summed E-state index contributed by atoms with van der Waals surface area (Å²) in [5.41, 5.74) is -0.850. The minimum absolute atomic E-state index is 0.222. The van der Waals surface area contributed by atoms with Gasteiger partial charge in [0.25, 0.3) is 0 Å². The quantitative estimate of drug-likeness (QED) is 0.820. The zero-order valence-electron chi connectivity index (χ0n) is 11.9. The van der Waals surface area contributed by atoms with Gasteiger partial charge in [-0.25, -0.2) is 0 Å². The van der Waals surface area contributed by atoms with E-state index in [9.17, 15) is 15.0 Å². The molecule has 2 rings (SSSR count). The van der Waals surface area contributed by atoms with E-state index in [4.69, 9.17) is 14.2 Å². The molecule has 0 unspecified atom stereocenters. The molecule has 1 aliphatic rings. The van der Waals surface area contributed by atoms with E-state index in [0.717, 1.165) is 0 Å². The molecule has 1 aliphatic carbocycles. The minimum atomic E-state index is -1.30. The fourth-order valence-corrected chi connectivity index (χ4v) is 2.38. The lowest BCUT2D eigenvalue weighted by Crippen LogP contribution is -2.37. The van der Waals surface area contributed by atoms with E-state index in [0.29, 0.717) is 5.56 Å². The van der Waals surface area contributed by atoms with Crippen molar-refractivity contribution in [3.8, 4) is 11.5 Å². The molecule has 0 saturated carbocycles. The van der Waals surface area contributed by atoms with Crippen molar-refractivity contribution < 1.29 is 29.2 Å². The van der Waals surface area contributed by atoms with Crippen LogP contribution in [0.5, 0.6) is 11.5 Å². The van der Waals surface area contributed by atoms with E-state index >= 15 is 0 Å². The van der Waals surface area contributed by atoms with E-state index in [2.05, 4.69) is 0 Å². The molecular weight excluding hydrogens is 276 g/mol. The second-order valence-electron chi connectivity index (χ2n) is 4.42. The molecule has 0 saturated heterocycles. The second kappa shape index (κ2) is 5.49. The third-order valence-electron chi connectivity index (χ3n) is 3.37. The third kappa shape index (κ3) is 2.23. The smallest absolute Gasteiger partial charge is 0.207 e. The summed E-state index contributed by atoms with van der Waals surface area (Å²) in [6, 6.07) is 4.20. The molecule has 1 aromatic carbocycles. The molecule has 0 aromatic heterocycles. The Balaban J connectivity index is 2.71. The van der Waals surface area contributed by atoms with E-state index in [1.54, 1.807) is 6.07 Å². The molecule has 6 heteroatoms. The first-order chi connectivity index (χ1) is 9.99. The molecule has 2 N–H and O–H groups in total. The Labute approximate surface area is 121 Å². The van der Waals surface area contributed by atoms with Crippen molar-refractivity contribution in [2.24, 2.45) is 0 Å². The molecule has 0 fully saturated rings. The number of phenolic OH excluding ortho intramolecular Hbond substituents is 2. The number of benzene rings is 1. The van der Waals surface area contributed by atoms with Crippen molar-refractivity contribution in [1.29, 1.82) is 0 Å². The number of phenols is 2. The Morgan fingerprint density at radius 1 is 0.952 bits per heavy atom. The van der Waals surface area contributed by atoms with Crippen molar-refractivity contribution >= 4 is 5.78 Å². The summed E-state index contributed by atoms with van der Waals surface area (Å²) >= 11 is 0. The van der Waals surface area contributed by atoms with Crippen LogP contribution >= 0.6 is 0 Å². The lowest BCUT2D eigenvalue weighted by Gasteiger charge is -2.36. The zero-order chi connectivity index (χ0) is 15.6. The third-order valence-corrected chi connectivity index (χ3v) is 3.37. The number of carbonyl (C=O) groups excluding carboxylic acids is 1. The summed E-state index contributed by atoms with van der Waals surface area (Å²) in [5.74, 6) is -0.423. The van der Waals surface area contributed by atoms with Gasteiger partial charge in [-0.2, -0.15) is 0 Å². The molecule has 0 radical (unpaired) electrons. The minimum Gasteiger partial charge on any atom is -0.504 e. The molecule has 6 nitrogen and oxygen atoms in total. The summed E-state index contributed by atoms with van der Waals surface area (Å²) in [7, 11) is 4.25. The van der Waals surface area contributed by atoms with Crippen molar-refractivity contribution in [3.05, 3.63) is 47.4 Å². The van der Waals surface area contributed by atoms with Crippen LogP contribution < -0.4 is 0 Å². The van der Waals surface area contributed by atoms with Gasteiger partial charge in [-0.05, 0) is 12.1 Å². The van der Waals surface area contributed by atoms with Crippen molar-refractivity contribution in [3.63, 3.8) is 0 Å². The molecule has 21 heavy (non-hydrogen) atoms. The average Bonchev–Trinajstić information content (AvgIpc) is 2.49. The molecule has 0 bridgehead atoms. The fraction of sp³-hybridized carbons (Fsp3) is 0.267. The van der Waals surface area contributed by atoms with Gasteiger partial charge in [0.05, 0.1) is 14.2 Å². The summed E-state index contributed by atoms with van der Waals surface area (Å²) in [5, 5.41) is 19.2. The molecule has 0 amide bonds. The van der Waals surface area contributed by atoms with Crippen LogP contribution in [0.3, 0.4) is 0 Å². The van der Waals surface area contributed by atoms with E-state index in [1.807, 2.05) is 0 Å². The molecule has 0 spiro atoms. The summed E-state index contributed by atoms with van der Waals surface area (Å²) < 4.78 is 16.1. The number of carbonyl (C=O) groups is 1. The SMILES string of the molecule is COC1=CC(=O)C=C(OC)C1(OC)c1ccc(O)c(O)c1. The lowest BCUT2D eigenvalue weighted by atomic mass is 9.85. The van der Waals surface area contributed by atoms with Crippen LogP contribution in [0.25, 0.3) is 0 Å². The normalized spacial score (nSPS) is 17.0. The van der Waals surface area contributed by atoms with Crippen molar-refractivity contribution in [2.75, 3.05) is 21.3 Å². The highest BCUT2D eigenvalue weighted by Crippen LogP contribution is 2.44. The van der Waals surface area contributed by atoms with Gasteiger partial charge in [-0.1, -0.05) is 6.07 Å². The summed E-state index contributed by atoms with van der Waals surface area (Å²) in [6.45, 7) is 0.